The van der Waals surface area contributed by atoms with E-state index < -0.39 is 11.6 Å². The van der Waals surface area contributed by atoms with Gasteiger partial charge >= 0.3 is 0 Å². The number of rotatable bonds is 4. The van der Waals surface area contributed by atoms with E-state index in [0.717, 1.165) is 37.8 Å². The third-order valence-electron chi connectivity index (χ3n) is 3.78. The normalized spacial score (nSPS) is 23.9. The van der Waals surface area contributed by atoms with Crippen LogP contribution in [0.25, 0.3) is 0 Å². The van der Waals surface area contributed by atoms with E-state index in [1.807, 2.05) is 0 Å². The van der Waals surface area contributed by atoms with Gasteiger partial charge in [0.1, 0.15) is 11.6 Å². The molecule has 18 heavy (non-hydrogen) atoms. The van der Waals surface area contributed by atoms with Crippen LogP contribution in [0.4, 0.5) is 14.5 Å². The molecule has 1 aliphatic rings. The van der Waals surface area contributed by atoms with Crippen LogP contribution < -0.4 is 5.32 Å². The van der Waals surface area contributed by atoms with Gasteiger partial charge < -0.3 is 10.4 Å². The van der Waals surface area contributed by atoms with Crippen LogP contribution in [0.15, 0.2) is 18.2 Å². The fourth-order valence-corrected chi connectivity index (χ4v) is 2.67. The first-order valence-electron chi connectivity index (χ1n) is 6.50. The standard InChI is InChI=1S/C14H19F2NO/c15-12-5-6-13(16)14(7-12)17-8-10-3-1-2-4-11(10)9-18/h5-7,10-11,17-18H,1-4,8-9H2. The maximum Gasteiger partial charge on any atom is 0.146 e. The van der Waals surface area contributed by atoms with Crippen molar-refractivity contribution in [2.45, 2.75) is 25.7 Å². The van der Waals surface area contributed by atoms with Gasteiger partial charge in [0.25, 0.3) is 0 Å². The minimum Gasteiger partial charge on any atom is -0.396 e. The van der Waals surface area contributed by atoms with Crippen molar-refractivity contribution in [3.05, 3.63) is 29.8 Å². The summed E-state index contributed by atoms with van der Waals surface area (Å²) in [5, 5.41) is 12.3. The second-order valence-electron chi connectivity index (χ2n) is 4.99. The van der Waals surface area contributed by atoms with Gasteiger partial charge in [0.2, 0.25) is 0 Å². The monoisotopic (exact) mass is 255 g/mol. The van der Waals surface area contributed by atoms with E-state index in [-0.39, 0.29) is 18.2 Å². The maximum absolute atomic E-state index is 13.4. The number of aliphatic hydroxyl groups is 1. The number of anilines is 1. The van der Waals surface area contributed by atoms with Gasteiger partial charge in [-0.3, -0.25) is 0 Å². The summed E-state index contributed by atoms with van der Waals surface area (Å²) in [4.78, 5) is 0. The highest BCUT2D eigenvalue weighted by atomic mass is 19.1. The van der Waals surface area contributed by atoms with Crippen molar-refractivity contribution in [2.75, 3.05) is 18.5 Å². The SMILES string of the molecule is OCC1CCCCC1CNc1cc(F)ccc1F. The quantitative estimate of drug-likeness (QED) is 0.866. The Kier molecular flexibility index (Phi) is 4.53. The Balaban J connectivity index is 1.95. The molecule has 0 saturated heterocycles. The highest BCUT2D eigenvalue weighted by Crippen LogP contribution is 2.30. The molecule has 2 N–H and O–H groups in total. The zero-order valence-corrected chi connectivity index (χ0v) is 10.3. The van der Waals surface area contributed by atoms with Crippen molar-refractivity contribution >= 4 is 5.69 Å². The summed E-state index contributed by atoms with van der Waals surface area (Å²) in [5.74, 6) is -0.261. The molecule has 0 spiro atoms. The van der Waals surface area contributed by atoms with Crippen LogP contribution in [0.2, 0.25) is 0 Å². The second-order valence-corrected chi connectivity index (χ2v) is 4.99. The number of hydrogen-bond acceptors (Lipinski definition) is 2. The van der Waals surface area contributed by atoms with Crippen LogP contribution in [0.3, 0.4) is 0 Å². The summed E-state index contributed by atoms with van der Waals surface area (Å²) in [6.07, 6.45) is 4.36. The van der Waals surface area contributed by atoms with Crippen molar-refractivity contribution in [1.82, 2.24) is 0 Å². The molecule has 1 aromatic carbocycles. The lowest BCUT2D eigenvalue weighted by Gasteiger charge is -2.30. The average molecular weight is 255 g/mol. The number of benzene rings is 1. The van der Waals surface area contributed by atoms with Crippen LogP contribution in [0.5, 0.6) is 0 Å². The molecule has 100 valence electrons. The van der Waals surface area contributed by atoms with E-state index in [2.05, 4.69) is 5.32 Å². The molecule has 1 saturated carbocycles. The Labute approximate surface area is 106 Å². The van der Waals surface area contributed by atoms with Gasteiger partial charge in [0.15, 0.2) is 0 Å². The second kappa shape index (κ2) is 6.14. The van der Waals surface area contributed by atoms with Gasteiger partial charge in [-0.1, -0.05) is 12.8 Å². The lowest BCUT2D eigenvalue weighted by molar-refractivity contribution is 0.141. The lowest BCUT2D eigenvalue weighted by Crippen LogP contribution is -2.28. The first kappa shape index (κ1) is 13.3. The minimum absolute atomic E-state index is 0.179. The smallest absolute Gasteiger partial charge is 0.146 e. The predicted octanol–water partition coefficient (Wildman–Crippen LogP) is 3.18. The fourth-order valence-electron chi connectivity index (χ4n) is 2.67. The summed E-state index contributed by atoms with van der Waals surface area (Å²) in [5.41, 5.74) is 0.206. The molecule has 2 atom stereocenters. The Morgan fingerprint density at radius 1 is 1.17 bits per heavy atom. The third kappa shape index (κ3) is 3.19. The van der Waals surface area contributed by atoms with Crippen LogP contribution in [0, 0.1) is 23.5 Å². The molecule has 1 aliphatic carbocycles. The van der Waals surface area contributed by atoms with E-state index in [4.69, 9.17) is 0 Å². The first-order chi connectivity index (χ1) is 8.70. The number of halogens is 2. The van der Waals surface area contributed by atoms with Gasteiger partial charge in [-0.05, 0) is 42.9 Å². The summed E-state index contributed by atoms with van der Waals surface area (Å²) in [7, 11) is 0. The summed E-state index contributed by atoms with van der Waals surface area (Å²) < 4.78 is 26.4. The molecule has 0 amide bonds. The minimum atomic E-state index is -0.443. The lowest BCUT2D eigenvalue weighted by atomic mass is 9.79. The summed E-state index contributed by atoms with van der Waals surface area (Å²) in [6, 6.07) is 3.41. The average Bonchev–Trinajstić information content (AvgIpc) is 2.40. The third-order valence-corrected chi connectivity index (χ3v) is 3.78. The van der Waals surface area contributed by atoms with Gasteiger partial charge in [-0.2, -0.15) is 0 Å². The maximum atomic E-state index is 13.4. The molecule has 0 aliphatic heterocycles. The zero-order chi connectivity index (χ0) is 13.0. The molecule has 1 aromatic rings. The molecule has 4 heteroatoms. The first-order valence-corrected chi connectivity index (χ1v) is 6.50. The Bertz CT molecular complexity index is 397. The van der Waals surface area contributed by atoms with Crippen molar-refractivity contribution in [2.24, 2.45) is 11.8 Å². The van der Waals surface area contributed by atoms with Gasteiger partial charge in [-0.15, -0.1) is 0 Å². The molecule has 0 bridgehead atoms. The molecule has 0 aromatic heterocycles. The molecule has 1 fully saturated rings. The highest BCUT2D eigenvalue weighted by molar-refractivity contribution is 5.44. The molecule has 0 radical (unpaired) electrons. The summed E-state index contributed by atoms with van der Waals surface area (Å²) in [6.45, 7) is 0.767. The molecule has 2 nitrogen and oxygen atoms in total. The number of nitrogens with one attached hydrogen (secondary N) is 1. The van der Waals surface area contributed by atoms with Crippen LogP contribution >= 0.6 is 0 Å². The van der Waals surface area contributed by atoms with Crippen LogP contribution in [0.1, 0.15) is 25.7 Å². The Hall–Kier alpha value is -1.16. The number of aliphatic hydroxyl groups excluding tert-OH is 1. The van der Waals surface area contributed by atoms with Crippen LogP contribution in [-0.4, -0.2) is 18.3 Å². The van der Waals surface area contributed by atoms with E-state index in [0.29, 0.717) is 12.5 Å². The number of hydrogen-bond donors (Lipinski definition) is 2. The molecule has 2 unspecified atom stereocenters. The van der Waals surface area contributed by atoms with Crippen molar-refractivity contribution in [3.63, 3.8) is 0 Å². The topological polar surface area (TPSA) is 32.3 Å². The van der Waals surface area contributed by atoms with Gasteiger partial charge in [-0.25, -0.2) is 8.78 Å². The Morgan fingerprint density at radius 3 is 2.61 bits per heavy atom. The van der Waals surface area contributed by atoms with E-state index in [1.54, 1.807) is 0 Å². The Morgan fingerprint density at radius 2 is 1.89 bits per heavy atom. The molecular weight excluding hydrogens is 236 g/mol. The van der Waals surface area contributed by atoms with Crippen molar-refractivity contribution < 1.29 is 13.9 Å². The summed E-state index contributed by atoms with van der Waals surface area (Å²) >= 11 is 0. The largest absolute Gasteiger partial charge is 0.396 e. The van der Waals surface area contributed by atoms with E-state index >= 15 is 0 Å². The van der Waals surface area contributed by atoms with Crippen molar-refractivity contribution in [3.8, 4) is 0 Å². The molecule has 2 rings (SSSR count). The van der Waals surface area contributed by atoms with Gasteiger partial charge in [0, 0.05) is 13.2 Å². The zero-order valence-electron chi connectivity index (χ0n) is 10.3. The van der Waals surface area contributed by atoms with E-state index in [9.17, 15) is 13.9 Å². The van der Waals surface area contributed by atoms with Crippen molar-refractivity contribution in [1.29, 1.82) is 0 Å². The molecular formula is C14H19F2NO. The van der Waals surface area contributed by atoms with Gasteiger partial charge in [0.05, 0.1) is 5.69 Å². The predicted molar refractivity (Wildman–Crippen MR) is 67.4 cm³/mol. The molecule has 0 heterocycles. The van der Waals surface area contributed by atoms with Crippen LogP contribution in [-0.2, 0) is 0 Å². The van der Waals surface area contributed by atoms with E-state index in [1.165, 1.54) is 6.07 Å². The fraction of sp³-hybridized carbons (Fsp3) is 0.571. The highest BCUT2D eigenvalue weighted by Gasteiger charge is 2.24.